The minimum absolute atomic E-state index is 0.0915. The number of aromatic nitrogens is 2. The smallest absolute Gasteiger partial charge is 0.264 e. The van der Waals surface area contributed by atoms with Crippen LogP contribution < -0.4 is 9.47 Å². The van der Waals surface area contributed by atoms with Crippen LogP contribution in [0.1, 0.15) is 12.8 Å². The van der Waals surface area contributed by atoms with Crippen LogP contribution in [-0.2, 0) is 6.61 Å². The Balaban J connectivity index is 1.73. The van der Waals surface area contributed by atoms with Gasteiger partial charge in [-0.15, -0.1) is 0 Å². The van der Waals surface area contributed by atoms with Crippen LogP contribution in [0.2, 0.25) is 0 Å². The van der Waals surface area contributed by atoms with Crippen LogP contribution >= 0.6 is 0 Å². The van der Waals surface area contributed by atoms with E-state index in [1.54, 1.807) is 24.3 Å². The molecule has 0 aliphatic heterocycles. The Morgan fingerprint density at radius 1 is 0.962 bits per heavy atom. The third-order valence-electron chi connectivity index (χ3n) is 3.30. The van der Waals surface area contributed by atoms with Crippen LogP contribution in [-0.4, -0.2) is 16.7 Å². The average molecular weight is 368 g/mol. The van der Waals surface area contributed by atoms with E-state index in [9.17, 15) is 17.6 Å². The van der Waals surface area contributed by atoms with E-state index in [0.717, 1.165) is 0 Å². The number of rotatable bonds is 6. The van der Waals surface area contributed by atoms with Crippen LogP contribution in [0, 0.1) is 23.3 Å². The quantitative estimate of drug-likeness (QED) is 0.480. The Morgan fingerprint density at radius 3 is 2.23 bits per heavy atom. The minimum atomic E-state index is -1.64. The third-order valence-corrected chi connectivity index (χ3v) is 3.30. The monoisotopic (exact) mass is 368 g/mol. The van der Waals surface area contributed by atoms with Crippen molar-refractivity contribution in [3.8, 4) is 22.9 Å². The summed E-state index contributed by atoms with van der Waals surface area (Å²) < 4.78 is 68.3. The maximum Gasteiger partial charge on any atom is 0.264 e. The molecule has 0 aliphatic carbocycles. The first-order valence-electron chi connectivity index (χ1n) is 7.51. The summed E-state index contributed by atoms with van der Waals surface area (Å²) in [6.07, 6.45) is 0. The second-order valence-electron chi connectivity index (χ2n) is 5.06. The first-order chi connectivity index (χ1) is 12.5. The highest BCUT2D eigenvalue weighted by molar-refractivity contribution is 5.55. The predicted octanol–water partition coefficient (Wildman–Crippen LogP) is 4.27. The van der Waals surface area contributed by atoms with Crippen molar-refractivity contribution in [3.63, 3.8) is 0 Å². The Labute approximate surface area is 145 Å². The van der Waals surface area contributed by atoms with Gasteiger partial charge in [-0.1, -0.05) is 5.16 Å². The summed E-state index contributed by atoms with van der Waals surface area (Å²) in [5.41, 5.74) is 0.609. The fraction of sp³-hybridized carbons (Fsp3) is 0.176. The Hall–Kier alpha value is -3.10. The topological polar surface area (TPSA) is 57.4 Å². The normalized spacial score (nSPS) is 10.8. The number of hydrogen-bond donors (Lipinski definition) is 0. The van der Waals surface area contributed by atoms with Gasteiger partial charge in [0.2, 0.25) is 17.5 Å². The van der Waals surface area contributed by atoms with E-state index >= 15 is 0 Å². The molecule has 0 N–H and O–H groups in total. The van der Waals surface area contributed by atoms with Crippen molar-refractivity contribution in [3.05, 3.63) is 59.5 Å². The van der Waals surface area contributed by atoms with Gasteiger partial charge in [0.1, 0.15) is 5.75 Å². The molecule has 9 heteroatoms. The first-order valence-corrected chi connectivity index (χ1v) is 7.51. The zero-order chi connectivity index (χ0) is 18.7. The summed E-state index contributed by atoms with van der Waals surface area (Å²) in [5.74, 6) is -6.87. The second kappa shape index (κ2) is 7.42. The van der Waals surface area contributed by atoms with E-state index in [0.29, 0.717) is 17.9 Å². The van der Waals surface area contributed by atoms with E-state index in [-0.39, 0.29) is 17.8 Å². The SMILES string of the molecule is CCOc1ccc(-c2noc(COc3c(F)c(F)cc(F)c3F)n2)cc1. The molecule has 3 aromatic rings. The number of nitrogens with zero attached hydrogens (tertiary/aromatic N) is 2. The maximum absolute atomic E-state index is 13.5. The summed E-state index contributed by atoms with van der Waals surface area (Å²) in [7, 11) is 0. The molecule has 1 heterocycles. The van der Waals surface area contributed by atoms with Crippen molar-refractivity contribution in [2.45, 2.75) is 13.5 Å². The van der Waals surface area contributed by atoms with Gasteiger partial charge in [-0.2, -0.15) is 13.8 Å². The van der Waals surface area contributed by atoms with Crippen molar-refractivity contribution in [2.75, 3.05) is 6.61 Å². The Kier molecular flexibility index (Phi) is 5.06. The van der Waals surface area contributed by atoms with Gasteiger partial charge in [0, 0.05) is 11.6 Å². The lowest BCUT2D eigenvalue weighted by molar-refractivity contribution is 0.218. The molecule has 26 heavy (non-hydrogen) atoms. The molecule has 2 aromatic carbocycles. The molecule has 1 aromatic heterocycles. The average Bonchev–Trinajstić information content (AvgIpc) is 3.10. The molecule has 136 valence electrons. The molecule has 0 bridgehead atoms. The minimum Gasteiger partial charge on any atom is -0.494 e. The molecule has 0 saturated heterocycles. The molecule has 0 fully saturated rings. The fourth-order valence-electron chi connectivity index (χ4n) is 2.11. The summed E-state index contributed by atoms with van der Waals surface area (Å²) in [6.45, 7) is 1.81. The zero-order valence-electron chi connectivity index (χ0n) is 13.4. The Bertz CT molecular complexity index is 887. The van der Waals surface area contributed by atoms with Gasteiger partial charge in [0.15, 0.2) is 24.0 Å². The summed E-state index contributed by atoms with van der Waals surface area (Å²) in [5, 5.41) is 3.71. The lowest BCUT2D eigenvalue weighted by atomic mass is 10.2. The van der Waals surface area contributed by atoms with Crippen LogP contribution in [0.3, 0.4) is 0 Å². The van der Waals surface area contributed by atoms with Crippen LogP contribution in [0.15, 0.2) is 34.9 Å². The number of halogens is 4. The molecular weight excluding hydrogens is 356 g/mol. The first kappa shape index (κ1) is 17.7. The van der Waals surface area contributed by atoms with Gasteiger partial charge in [0.25, 0.3) is 5.89 Å². The molecule has 0 saturated carbocycles. The molecule has 0 unspecified atom stereocenters. The summed E-state index contributed by atoms with van der Waals surface area (Å²) in [6, 6.07) is 6.91. The van der Waals surface area contributed by atoms with Crippen molar-refractivity contribution in [1.29, 1.82) is 0 Å². The van der Waals surface area contributed by atoms with Gasteiger partial charge in [-0.25, -0.2) is 8.78 Å². The van der Waals surface area contributed by atoms with Crippen LogP contribution in [0.5, 0.6) is 11.5 Å². The largest absolute Gasteiger partial charge is 0.494 e. The molecule has 0 atom stereocenters. The standard InChI is InChI=1S/C17H12F4N2O3/c1-2-24-10-5-3-9(4-6-10)17-22-13(26-23-17)8-25-16-14(20)11(18)7-12(19)15(16)21/h3-7H,2,8H2,1H3. The third kappa shape index (κ3) is 3.61. The highest BCUT2D eigenvalue weighted by Crippen LogP contribution is 2.27. The zero-order valence-corrected chi connectivity index (χ0v) is 13.4. The fourth-order valence-corrected chi connectivity index (χ4v) is 2.11. The van der Waals surface area contributed by atoms with Crippen molar-refractivity contribution in [1.82, 2.24) is 10.1 Å². The molecule has 5 nitrogen and oxygen atoms in total. The summed E-state index contributed by atoms with van der Waals surface area (Å²) >= 11 is 0. The van der Waals surface area contributed by atoms with Crippen molar-refractivity contribution >= 4 is 0 Å². The van der Waals surface area contributed by atoms with Crippen molar-refractivity contribution in [2.24, 2.45) is 0 Å². The molecular formula is C17H12F4N2O3. The molecule has 3 rings (SSSR count). The van der Waals surface area contributed by atoms with E-state index in [1.807, 2.05) is 6.92 Å². The van der Waals surface area contributed by atoms with E-state index in [4.69, 9.17) is 14.0 Å². The molecule has 0 aliphatic rings. The number of hydrogen-bond acceptors (Lipinski definition) is 5. The van der Waals surface area contributed by atoms with Crippen LogP contribution in [0.4, 0.5) is 17.6 Å². The number of benzene rings is 2. The highest BCUT2D eigenvalue weighted by atomic mass is 19.2. The van der Waals surface area contributed by atoms with Gasteiger partial charge in [-0.3, -0.25) is 0 Å². The molecule has 0 spiro atoms. The van der Waals surface area contributed by atoms with Gasteiger partial charge in [0.05, 0.1) is 6.61 Å². The van der Waals surface area contributed by atoms with E-state index in [1.165, 1.54) is 0 Å². The van der Waals surface area contributed by atoms with E-state index < -0.39 is 35.6 Å². The predicted molar refractivity (Wildman–Crippen MR) is 81.5 cm³/mol. The molecule has 0 amide bonds. The molecule has 0 radical (unpaired) electrons. The van der Waals surface area contributed by atoms with Gasteiger partial charge >= 0.3 is 0 Å². The van der Waals surface area contributed by atoms with E-state index in [2.05, 4.69) is 10.1 Å². The highest BCUT2D eigenvalue weighted by Gasteiger charge is 2.21. The number of ether oxygens (including phenoxy) is 2. The van der Waals surface area contributed by atoms with Gasteiger partial charge < -0.3 is 14.0 Å². The second-order valence-corrected chi connectivity index (χ2v) is 5.06. The maximum atomic E-state index is 13.5. The van der Waals surface area contributed by atoms with Crippen LogP contribution in [0.25, 0.3) is 11.4 Å². The lowest BCUT2D eigenvalue weighted by Crippen LogP contribution is -2.04. The Morgan fingerprint density at radius 2 is 1.62 bits per heavy atom. The van der Waals surface area contributed by atoms with Gasteiger partial charge in [-0.05, 0) is 31.2 Å². The lowest BCUT2D eigenvalue weighted by Gasteiger charge is -2.07. The summed E-state index contributed by atoms with van der Waals surface area (Å²) in [4.78, 5) is 4.00. The van der Waals surface area contributed by atoms with Crippen molar-refractivity contribution < 1.29 is 31.6 Å².